The second-order valence-electron chi connectivity index (χ2n) is 5.84. The van der Waals surface area contributed by atoms with Gasteiger partial charge in [-0.25, -0.2) is 0 Å². The third kappa shape index (κ3) is 4.51. The molecule has 0 saturated carbocycles. The molecule has 0 saturated heterocycles. The Morgan fingerprint density at radius 3 is 2.27 bits per heavy atom. The molecular weight excluding hydrogens is 180 g/mol. The SMILES string of the molecule is Cc1ccc(CCCC(C)(C)C)c(C)c1. The van der Waals surface area contributed by atoms with Crippen molar-refractivity contribution in [2.24, 2.45) is 5.41 Å². The summed E-state index contributed by atoms with van der Waals surface area (Å²) in [7, 11) is 0. The molecule has 0 atom stereocenters. The van der Waals surface area contributed by atoms with Crippen LogP contribution in [0.2, 0.25) is 0 Å². The zero-order valence-electron chi connectivity index (χ0n) is 10.9. The van der Waals surface area contributed by atoms with Crippen LogP contribution in [0.4, 0.5) is 0 Å². The molecule has 0 aliphatic rings. The Morgan fingerprint density at radius 1 is 1.07 bits per heavy atom. The molecule has 1 rings (SSSR count). The van der Waals surface area contributed by atoms with E-state index in [2.05, 4.69) is 52.8 Å². The van der Waals surface area contributed by atoms with Gasteiger partial charge in [0.25, 0.3) is 0 Å². The topological polar surface area (TPSA) is 0 Å². The largest absolute Gasteiger partial charge is 0.0602 e. The minimum Gasteiger partial charge on any atom is -0.0602 e. The second kappa shape index (κ2) is 4.83. The molecule has 1 aromatic rings. The summed E-state index contributed by atoms with van der Waals surface area (Å²) in [6, 6.07) is 6.79. The van der Waals surface area contributed by atoms with Crippen LogP contribution < -0.4 is 0 Å². The molecule has 0 unspecified atom stereocenters. The van der Waals surface area contributed by atoms with E-state index in [1.807, 2.05) is 0 Å². The van der Waals surface area contributed by atoms with Crippen LogP contribution in [0.3, 0.4) is 0 Å². The summed E-state index contributed by atoms with van der Waals surface area (Å²) in [5, 5.41) is 0. The fraction of sp³-hybridized carbons (Fsp3) is 0.600. The van der Waals surface area contributed by atoms with Gasteiger partial charge in [0.15, 0.2) is 0 Å². The second-order valence-corrected chi connectivity index (χ2v) is 5.84. The first-order chi connectivity index (χ1) is 6.88. The highest BCUT2D eigenvalue weighted by Gasteiger charge is 2.09. The van der Waals surface area contributed by atoms with Gasteiger partial charge in [-0.05, 0) is 49.7 Å². The summed E-state index contributed by atoms with van der Waals surface area (Å²) in [5.74, 6) is 0. The molecule has 0 aliphatic carbocycles. The van der Waals surface area contributed by atoms with Crippen LogP contribution in [0, 0.1) is 19.3 Å². The van der Waals surface area contributed by atoms with Crippen LogP contribution in [0.1, 0.15) is 50.3 Å². The predicted octanol–water partition coefficient (Wildman–Crippen LogP) is 4.67. The van der Waals surface area contributed by atoms with Crippen LogP contribution in [0.5, 0.6) is 0 Å². The highest BCUT2D eigenvalue weighted by Crippen LogP contribution is 2.22. The van der Waals surface area contributed by atoms with Crippen molar-refractivity contribution in [3.05, 3.63) is 34.9 Å². The van der Waals surface area contributed by atoms with Gasteiger partial charge in [0.05, 0.1) is 0 Å². The molecule has 0 amide bonds. The molecule has 0 bridgehead atoms. The van der Waals surface area contributed by atoms with Gasteiger partial charge in [0, 0.05) is 0 Å². The molecule has 0 heteroatoms. The van der Waals surface area contributed by atoms with E-state index in [0.29, 0.717) is 5.41 Å². The maximum atomic E-state index is 2.31. The number of rotatable bonds is 3. The van der Waals surface area contributed by atoms with E-state index in [1.54, 1.807) is 0 Å². The Morgan fingerprint density at radius 2 is 1.73 bits per heavy atom. The maximum Gasteiger partial charge on any atom is -0.0276 e. The summed E-state index contributed by atoms with van der Waals surface area (Å²) in [5.41, 5.74) is 4.80. The zero-order valence-corrected chi connectivity index (χ0v) is 10.9. The van der Waals surface area contributed by atoms with Crippen molar-refractivity contribution in [2.75, 3.05) is 0 Å². The van der Waals surface area contributed by atoms with Gasteiger partial charge >= 0.3 is 0 Å². The first-order valence-electron chi connectivity index (χ1n) is 5.95. The molecule has 0 N–H and O–H groups in total. The van der Waals surface area contributed by atoms with Crippen LogP contribution in [0.15, 0.2) is 18.2 Å². The van der Waals surface area contributed by atoms with E-state index in [9.17, 15) is 0 Å². The minimum atomic E-state index is 0.471. The van der Waals surface area contributed by atoms with E-state index in [4.69, 9.17) is 0 Å². The Hall–Kier alpha value is -0.780. The lowest BCUT2D eigenvalue weighted by Crippen LogP contribution is -2.05. The summed E-state index contributed by atoms with van der Waals surface area (Å²) in [4.78, 5) is 0. The van der Waals surface area contributed by atoms with Crippen molar-refractivity contribution in [1.29, 1.82) is 0 Å². The zero-order chi connectivity index (χ0) is 11.5. The molecular formula is C15H24. The first kappa shape index (κ1) is 12.3. The van der Waals surface area contributed by atoms with Crippen molar-refractivity contribution in [1.82, 2.24) is 0 Å². The van der Waals surface area contributed by atoms with Crippen molar-refractivity contribution >= 4 is 0 Å². The average molecular weight is 204 g/mol. The molecule has 0 heterocycles. The van der Waals surface area contributed by atoms with Crippen LogP contribution in [-0.4, -0.2) is 0 Å². The van der Waals surface area contributed by atoms with E-state index in [1.165, 1.54) is 36.0 Å². The summed E-state index contributed by atoms with van der Waals surface area (Å²) in [6.45, 7) is 11.3. The Labute approximate surface area is 94.7 Å². The van der Waals surface area contributed by atoms with Gasteiger partial charge in [-0.1, -0.05) is 44.5 Å². The molecule has 1 aromatic carbocycles. The quantitative estimate of drug-likeness (QED) is 0.671. The Kier molecular flexibility index (Phi) is 3.96. The molecule has 0 fully saturated rings. The smallest absolute Gasteiger partial charge is 0.0276 e. The Bertz CT molecular complexity index is 315. The van der Waals surface area contributed by atoms with E-state index >= 15 is 0 Å². The van der Waals surface area contributed by atoms with Gasteiger partial charge in [-0.15, -0.1) is 0 Å². The lowest BCUT2D eigenvalue weighted by atomic mass is 9.88. The highest BCUT2D eigenvalue weighted by atomic mass is 14.1. The maximum absolute atomic E-state index is 2.31. The van der Waals surface area contributed by atoms with E-state index in [-0.39, 0.29) is 0 Å². The van der Waals surface area contributed by atoms with Crippen molar-refractivity contribution in [3.63, 3.8) is 0 Å². The standard InChI is InChI=1S/C15H24/c1-12-8-9-14(13(2)11-12)7-6-10-15(3,4)5/h8-9,11H,6-7,10H2,1-5H3. The summed E-state index contributed by atoms with van der Waals surface area (Å²) < 4.78 is 0. The first-order valence-corrected chi connectivity index (χ1v) is 5.95. The van der Waals surface area contributed by atoms with Crippen LogP contribution >= 0.6 is 0 Å². The third-order valence-corrected chi connectivity index (χ3v) is 2.87. The van der Waals surface area contributed by atoms with Gasteiger partial charge < -0.3 is 0 Å². The molecule has 0 radical (unpaired) electrons. The minimum absolute atomic E-state index is 0.471. The molecule has 15 heavy (non-hydrogen) atoms. The number of aryl methyl sites for hydroxylation is 3. The van der Waals surface area contributed by atoms with Gasteiger partial charge in [0.2, 0.25) is 0 Å². The fourth-order valence-corrected chi connectivity index (χ4v) is 1.94. The lowest BCUT2D eigenvalue weighted by molar-refractivity contribution is 0.365. The molecule has 0 spiro atoms. The number of hydrogen-bond acceptors (Lipinski definition) is 0. The van der Waals surface area contributed by atoms with Gasteiger partial charge in [-0.2, -0.15) is 0 Å². The molecule has 0 aliphatic heterocycles. The number of benzene rings is 1. The molecule has 84 valence electrons. The van der Waals surface area contributed by atoms with Crippen LogP contribution in [-0.2, 0) is 6.42 Å². The Balaban J connectivity index is 2.51. The molecule has 0 aromatic heterocycles. The van der Waals surface area contributed by atoms with E-state index in [0.717, 1.165) is 0 Å². The van der Waals surface area contributed by atoms with Crippen LogP contribution in [0.25, 0.3) is 0 Å². The van der Waals surface area contributed by atoms with Crippen molar-refractivity contribution in [2.45, 2.75) is 53.9 Å². The van der Waals surface area contributed by atoms with Gasteiger partial charge in [-0.3, -0.25) is 0 Å². The third-order valence-electron chi connectivity index (χ3n) is 2.87. The highest BCUT2D eigenvalue weighted by molar-refractivity contribution is 5.30. The average Bonchev–Trinajstić information content (AvgIpc) is 2.07. The summed E-state index contributed by atoms with van der Waals surface area (Å²) >= 11 is 0. The normalized spacial score (nSPS) is 11.8. The van der Waals surface area contributed by atoms with Gasteiger partial charge in [0.1, 0.15) is 0 Å². The number of hydrogen-bond donors (Lipinski definition) is 0. The monoisotopic (exact) mass is 204 g/mol. The lowest BCUT2D eigenvalue weighted by Gasteiger charge is -2.18. The predicted molar refractivity (Wildman–Crippen MR) is 68.3 cm³/mol. The molecule has 0 nitrogen and oxygen atoms in total. The van der Waals surface area contributed by atoms with Crippen molar-refractivity contribution in [3.8, 4) is 0 Å². The fourth-order valence-electron chi connectivity index (χ4n) is 1.94. The van der Waals surface area contributed by atoms with E-state index < -0.39 is 0 Å². The van der Waals surface area contributed by atoms with Crippen molar-refractivity contribution < 1.29 is 0 Å². The summed E-state index contributed by atoms with van der Waals surface area (Å²) in [6.07, 6.45) is 3.83.